The molecule has 0 aliphatic carbocycles. The fourth-order valence-corrected chi connectivity index (χ4v) is 2.74. The molecule has 0 bridgehead atoms. The van der Waals surface area contributed by atoms with Gasteiger partial charge < -0.3 is 0 Å². The summed E-state index contributed by atoms with van der Waals surface area (Å²) in [4.78, 5) is 0. The van der Waals surface area contributed by atoms with Crippen molar-refractivity contribution < 1.29 is 66.3 Å². The first-order chi connectivity index (χ1) is 14.3. The van der Waals surface area contributed by atoms with Crippen molar-refractivity contribution in [2.24, 2.45) is 0 Å². The first-order valence-corrected chi connectivity index (χ1v) is 8.78. The van der Waals surface area contributed by atoms with Gasteiger partial charge in [-0.1, -0.05) is 0 Å². The maximum Gasteiger partial charge on any atom is 0.805 e. The number of benzene rings is 2. The van der Waals surface area contributed by atoms with Gasteiger partial charge in [0, 0.05) is 4.57 Å². The highest BCUT2D eigenvalue weighted by Gasteiger charge is 2.40. The lowest BCUT2D eigenvalue weighted by Gasteiger charge is -2.12. The minimum Gasteiger partial charge on any atom is -0.222 e. The van der Waals surface area contributed by atoms with Crippen molar-refractivity contribution in [2.75, 3.05) is 0 Å². The van der Waals surface area contributed by atoms with E-state index in [0.717, 1.165) is 0 Å². The average Bonchev–Trinajstić information content (AvgIpc) is 2.58. The standard InChI is InChI=1S/C16H6F12O3P/c17-13(18,19)7-1-8(14(20,21)22)4-11(3-7)30-32(29)31-12-5-9(15(23,24)25)2-10(6-12)16(26,27)28/h1-6H/q+1. The predicted octanol–water partition coefficient (Wildman–Crippen LogP) is 7.88. The summed E-state index contributed by atoms with van der Waals surface area (Å²) < 4.78 is 174. The second-order valence-electron chi connectivity index (χ2n) is 5.89. The molecule has 2 rings (SSSR count). The minimum absolute atomic E-state index is 0.0148. The smallest absolute Gasteiger partial charge is 0.222 e. The van der Waals surface area contributed by atoms with Crippen LogP contribution in [0.5, 0.6) is 11.5 Å². The van der Waals surface area contributed by atoms with Crippen LogP contribution in [0.15, 0.2) is 36.4 Å². The SMILES string of the molecule is O=[P+](Oc1cc(C(F)(F)F)cc(C(F)(F)F)c1)Oc1cc(C(F)(F)F)cc(C(F)(F)F)c1. The van der Waals surface area contributed by atoms with E-state index in [9.17, 15) is 57.3 Å². The van der Waals surface area contributed by atoms with Gasteiger partial charge in [0.15, 0.2) is 11.5 Å². The van der Waals surface area contributed by atoms with Gasteiger partial charge in [-0.15, -0.1) is 0 Å². The van der Waals surface area contributed by atoms with Crippen molar-refractivity contribution >= 4 is 8.25 Å². The molecule has 0 aromatic heterocycles. The molecule has 0 radical (unpaired) electrons. The topological polar surface area (TPSA) is 35.5 Å². The van der Waals surface area contributed by atoms with Crippen molar-refractivity contribution in [1.29, 1.82) is 0 Å². The minimum atomic E-state index is -5.30. The van der Waals surface area contributed by atoms with Crippen LogP contribution in [0.3, 0.4) is 0 Å². The van der Waals surface area contributed by atoms with E-state index in [-0.39, 0.29) is 36.4 Å². The summed E-state index contributed by atoms with van der Waals surface area (Å²) in [6.45, 7) is 0. The van der Waals surface area contributed by atoms with Crippen LogP contribution < -0.4 is 9.05 Å². The molecule has 2 aromatic rings. The molecular formula is C16H6F12O3P+. The maximum absolute atomic E-state index is 12.8. The van der Waals surface area contributed by atoms with Gasteiger partial charge in [-0.25, -0.2) is 9.05 Å². The largest absolute Gasteiger partial charge is 0.805 e. The van der Waals surface area contributed by atoms with Crippen molar-refractivity contribution in [3.05, 3.63) is 58.7 Å². The Morgan fingerprint density at radius 3 is 0.875 bits per heavy atom. The zero-order valence-corrected chi connectivity index (χ0v) is 15.6. The highest BCUT2D eigenvalue weighted by atomic mass is 31.1. The van der Waals surface area contributed by atoms with Crippen molar-refractivity contribution in [3.8, 4) is 11.5 Å². The van der Waals surface area contributed by atoms with Crippen LogP contribution in [0.2, 0.25) is 0 Å². The first-order valence-electron chi connectivity index (χ1n) is 7.69. The summed E-state index contributed by atoms with van der Waals surface area (Å²) in [7, 11) is -3.85. The summed E-state index contributed by atoms with van der Waals surface area (Å²) >= 11 is 0. The fraction of sp³-hybridized carbons (Fsp3) is 0.250. The van der Waals surface area contributed by atoms with Gasteiger partial charge in [0.1, 0.15) is 0 Å². The van der Waals surface area contributed by atoms with E-state index in [1.165, 1.54) is 0 Å². The number of rotatable bonds is 4. The third-order valence-electron chi connectivity index (χ3n) is 3.48. The van der Waals surface area contributed by atoms with Gasteiger partial charge >= 0.3 is 33.0 Å². The molecule has 32 heavy (non-hydrogen) atoms. The number of alkyl halides is 12. The van der Waals surface area contributed by atoms with Gasteiger partial charge in [-0.05, 0) is 36.4 Å². The van der Waals surface area contributed by atoms with E-state index in [0.29, 0.717) is 0 Å². The third-order valence-corrected chi connectivity index (χ3v) is 4.20. The van der Waals surface area contributed by atoms with E-state index < -0.39 is 66.7 Å². The van der Waals surface area contributed by atoms with Crippen molar-refractivity contribution in [2.45, 2.75) is 24.7 Å². The Labute approximate surface area is 170 Å². The van der Waals surface area contributed by atoms with Crippen LogP contribution in [0.1, 0.15) is 22.3 Å². The molecule has 0 unspecified atom stereocenters. The van der Waals surface area contributed by atoms with E-state index >= 15 is 0 Å². The lowest BCUT2D eigenvalue weighted by atomic mass is 10.1. The van der Waals surface area contributed by atoms with Gasteiger partial charge in [0.25, 0.3) is 0 Å². The Kier molecular flexibility index (Phi) is 6.66. The van der Waals surface area contributed by atoms with Gasteiger partial charge in [0.2, 0.25) is 0 Å². The van der Waals surface area contributed by atoms with Crippen molar-refractivity contribution in [3.63, 3.8) is 0 Å². The number of hydrogen-bond donors (Lipinski definition) is 0. The van der Waals surface area contributed by atoms with Crippen molar-refractivity contribution in [1.82, 2.24) is 0 Å². The van der Waals surface area contributed by atoms with Gasteiger partial charge in [0.05, 0.1) is 22.3 Å². The highest BCUT2D eigenvalue weighted by molar-refractivity contribution is 7.34. The van der Waals surface area contributed by atoms with E-state index in [1.807, 2.05) is 0 Å². The molecule has 0 aliphatic heterocycles. The summed E-state index contributed by atoms with van der Waals surface area (Å²) in [5, 5.41) is 0. The zero-order chi connectivity index (χ0) is 24.7. The molecule has 0 spiro atoms. The van der Waals surface area contributed by atoms with Gasteiger partial charge in [-0.2, -0.15) is 52.7 Å². The van der Waals surface area contributed by atoms with Crippen LogP contribution >= 0.6 is 8.25 Å². The molecule has 0 fully saturated rings. The molecule has 2 aromatic carbocycles. The molecule has 0 amide bonds. The summed E-state index contributed by atoms with van der Waals surface area (Å²) in [5.41, 5.74) is -7.48. The second kappa shape index (κ2) is 8.34. The monoisotopic (exact) mass is 505 g/mol. The molecule has 3 nitrogen and oxygen atoms in total. The lowest BCUT2D eigenvalue weighted by molar-refractivity contribution is -0.144. The summed E-state index contributed by atoms with van der Waals surface area (Å²) in [6.07, 6.45) is -21.2. The molecule has 176 valence electrons. The van der Waals surface area contributed by atoms with E-state index in [2.05, 4.69) is 9.05 Å². The summed E-state index contributed by atoms with van der Waals surface area (Å²) in [5.74, 6) is -2.62. The van der Waals surface area contributed by atoms with Crippen LogP contribution in [-0.2, 0) is 29.3 Å². The lowest BCUT2D eigenvalue weighted by Crippen LogP contribution is -2.11. The number of hydrogen-bond acceptors (Lipinski definition) is 3. The average molecular weight is 505 g/mol. The quantitative estimate of drug-likeness (QED) is 0.314. The maximum atomic E-state index is 12.8. The molecule has 0 saturated carbocycles. The van der Waals surface area contributed by atoms with E-state index in [4.69, 9.17) is 0 Å². The highest BCUT2D eigenvalue weighted by Crippen LogP contribution is 2.42. The first kappa shape index (κ1) is 25.6. The Hall–Kier alpha value is -2.70. The predicted molar refractivity (Wildman–Crippen MR) is 81.8 cm³/mol. The van der Waals surface area contributed by atoms with E-state index in [1.54, 1.807) is 0 Å². The van der Waals surface area contributed by atoms with Crippen LogP contribution in [-0.4, -0.2) is 0 Å². The molecule has 0 atom stereocenters. The Bertz CT molecular complexity index is 861. The normalized spacial score (nSPS) is 13.1. The fourth-order valence-electron chi connectivity index (χ4n) is 2.15. The second-order valence-corrected chi connectivity index (χ2v) is 6.70. The van der Waals surface area contributed by atoms with Crippen LogP contribution in [0.4, 0.5) is 52.7 Å². The Morgan fingerprint density at radius 1 is 0.469 bits per heavy atom. The third kappa shape index (κ3) is 6.65. The Balaban J connectivity index is 2.39. The zero-order valence-electron chi connectivity index (χ0n) is 14.7. The van der Waals surface area contributed by atoms with Crippen LogP contribution in [0.25, 0.3) is 0 Å². The molecule has 0 heterocycles. The molecular weight excluding hydrogens is 499 g/mol. The Morgan fingerprint density at radius 2 is 0.688 bits per heavy atom. The molecule has 0 saturated heterocycles. The molecule has 0 aliphatic rings. The number of halogens is 12. The van der Waals surface area contributed by atoms with Gasteiger partial charge in [-0.3, -0.25) is 0 Å². The molecule has 16 heteroatoms. The summed E-state index contributed by atoms with van der Waals surface area (Å²) in [6, 6.07) is -0.636. The molecule has 0 N–H and O–H groups in total. The van der Waals surface area contributed by atoms with Crippen LogP contribution in [0, 0.1) is 0 Å².